The normalized spacial score (nSPS) is 19.7. The molecule has 118 valence electrons. The van der Waals surface area contributed by atoms with Crippen LogP contribution in [0.5, 0.6) is 0 Å². The van der Waals surface area contributed by atoms with E-state index < -0.39 is 10.0 Å². The van der Waals surface area contributed by atoms with Crippen molar-refractivity contribution in [1.82, 2.24) is 4.72 Å². The number of hydrogen-bond acceptors (Lipinski definition) is 5. The number of sulfonamides is 1. The van der Waals surface area contributed by atoms with Gasteiger partial charge in [-0.1, -0.05) is 6.07 Å². The van der Waals surface area contributed by atoms with Gasteiger partial charge in [0, 0.05) is 34.7 Å². The fraction of sp³-hybridized carbons (Fsp3) is 0.571. The first-order valence-electron chi connectivity index (χ1n) is 6.88. The summed E-state index contributed by atoms with van der Waals surface area (Å²) in [6, 6.07) is 1.84. The van der Waals surface area contributed by atoms with Gasteiger partial charge in [-0.15, -0.1) is 0 Å². The maximum absolute atomic E-state index is 12.6. The Balaban J connectivity index is 2.21. The number of nitrogens with two attached hydrogens (primary N) is 1. The molecule has 1 fully saturated rings. The van der Waals surface area contributed by atoms with Crippen molar-refractivity contribution in [3.8, 4) is 0 Å². The van der Waals surface area contributed by atoms with Gasteiger partial charge >= 0.3 is 0 Å². The van der Waals surface area contributed by atoms with Gasteiger partial charge in [-0.25, -0.2) is 13.1 Å². The first kappa shape index (κ1) is 17.0. The summed E-state index contributed by atoms with van der Waals surface area (Å²) in [5.74, 6) is 3.24. The van der Waals surface area contributed by atoms with Crippen LogP contribution in [0, 0.1) is 20.8 Å². The average Bonchev–Trinajstić information content (AvgIpc) is 2.44. The maximum atomic E-state index is 12.6. The molecule has 1 atom stereocenters. The van der Waals surface area contributed by atoms with Crippen LogP contribution >= 0.6 is 23.5 Å². The number of aryl methyl sites for hydroxylation is 2. The zero-order valence-corrected chi connectivity index (χ0v) is 15.1. The lowest BCUT2D eigenvalue weighted by atomic mass is 10.1. The number of anilines is 1. The Labute approximate surface area is 135 Å². The average molecular weight is 347 g/mol. The lowest BCUT2D eigenvalue weighted by Gasteiger charge is -2.22. The molecule has 1 heterocycles. The zero-order chi connectivity index (χ0) is 15.6. The molecule has 0 bridgehead atoms. The van der Waals surface area contributed by atoms with Crippen LogP contribution in [0.1, 0.15) is 16.7 Å². The summed E-state index contributed by atoms with van der Waals surface area (Å²) >= 11 is 3.73. The van der Waals surface area contributed by atoms with E-state index in [2.05, 4.69) is 4.72 Å². The largest absolute Gasteiger partial charge is 0.398 e. The minimum Gasteiger partial charge on any atom is -0.398 e. The predicted octanol–water partition coefficient (Wildman–Crippen LogP) is 2.32. The Morgan fingerprint density at radius 1 is 1.29 bits per heavy atom. The summed E-state index contributed by atoms with van der Waals surface area (Å²) in [4.78, 5) is 0.332. The topological polar surface area (TPSA) is 72.2 Å². The van der Waals surface area contributed by atoms with Gasteiger partial charge < -0.3 is 5.73 Å². The van der Waals surface area contributed by atoms with Crippen LogP contribution < -0.4 is 10.5 Å². The van der Waals surface area contributed by atoms with E-state index in [0.29, 0.717) is 27.9 Å². The highest BCUT2D eigenvalue weighted by Gasteiger charge is 2.24. The Hall–Kier alpha value is -0.370. The molecule has 0 aromatic heterocycles. The number of nitrogens with one attached hydrogen (secondary N) is 1. The Bertz CT molecular complexity index is 624. The third-order valence-electron chi connectivity index (χ3n) is 3.62. The highest BCUT2D eigenvalue weighted by atomic mass is 32.2. The summed E-state index contributed by atoms with van der Waals surface area (Å²) < 4.78 is 28.0. The second-order valence-electron chi connectivity index (χ2n) is 5.30. The molecule has 1 aromatic carbocycles. The number of rotatable bonds is 4. The Morgan fingerprint density at radius 2 is 2.00 bits per heavy atom. The van der Waals surface area contributed by atoms with Crippen molar-refractivity contribution in [2.24, 2.45) is 0 Å². The molecule has 1 aromatic rings. The molecule has 0 aliphatic carbocycles. The minimum atomic E-state index is -3.51. The number of benzene rings is 1. The molecule has 1 saturated heterocycles. The zero-order valence-electron chi connectivity index (χ0n) is 12.6. The molecule has 0 radical (unpaired) electrons. The Kier molecular flexibility index (Phi) is 5.51. The lowest BCUT2D eigenvalue weighted by Crippen LogP contribution is -2.34. The van der Waals surface area contributed by atoms with Crippen LogP contribution in [0.15, 0.2) is 11.0 Å². The second-order valence-corrected chi connectivity index (χ2v) is 9.56. The maximum Gasteiger partial charge on any atom is 0.241 e. The first-order valence-corrected chi connectivity index (χ1v) is 10.6. The van der Waals surface area contributed by atoms with Crippen molar-refractivity contribution in [2.75, 3.05) is 29.5 Å². The summed E-state index contributed by atoms with van der Waals surface area (Å²) in [6.45, 7) is 5.97. The van der Waals surface area contributed by atoms with E-state index in [1.54, 1.807) is 6.92 Å². The molecular weight excluding hydrogens is 324 g/mol. The molecular formula is C14H22N2O2S3. The molecule has 4 nitrogen and oxygen atoms in total. The highest BCUT2D eigenvalue weighted by Crippen LogP contribution is 2.28. The summed E-state index contributed by atoms with van der Waals surface area (Å²) in [7, 11) is -3.51. The molecule has 3 N–H and O–H groups in total. The van der Waals surface area contributed by atoms with E-state index in [4.69, 9.17) is 5.73 Å². The van der Waals surface area contributed by atoms with Crippen molar-refractivity contribution < 1.29 is 8.42 Å². The number of thioether (sulfide) groups is 2. The van der Waals surface area contributed by atoms with Crippen LogP contribution in [0.4, 0.5) is 5.69 Å². The van der Waals surface area contributed by atoms with E-state index in [1.165, 1.54) is 0 Å². The van der Waals surface area contributed by atoms with Gasteiger partial charge in [-0.2, -0.15) is 23.5 Å². The van der Waals surface area contributed by atoms with E-state index in [1.807, 2.05) is 43.4 Å². The highest BCUT2D eigenvalue weighted by molar-refractivity contribution is 8.06. The van der Waals surface area contributed by atoms with E-state index >= 15 is 0 Å². The minimum absolute atomic E-state index is 0.332. The smallest absolute Gasteiger partial charge is 0.241 e. The van der Waals surface area contributed by atoms with Crippen molar-refractivity contribution in [3.63, 3.8) is 0 Å². The van der Waals surface area contributed by atoms with Crippen molar-refractivity contribution >= 4 is 39.2 Å². The van der Waals surface area contributed by atoms with Crippen molar-refractivity contribution in [2.45, 2.75) is 30.9 Å². The molecule has 7 heteroatoms. The Morgan fingerprint density at radius 3 is 2.62 bits per heavy atom. The van der Waals surface area contributed by atoms with Gasteiger partial charge in [0.1, 0.15) is 0 Å². The molecule has 0 spiro atoms. The molecule has 21 heavy (non-hydrogen) atoms. The van der Waals surface area contributed by atoms with Gasteiger partial charge in [0.2, 0.25) is 10.0 Å². The van der Waals surface area contributed by atoms with Crippen LogP contribution in [-0.2, 0) is 10.0 Å². The fourth-order valence-electron chi connectivity index (χ4n) is 2.52. The SMILES string of the molecule is Cc1cc(C)c(S(=O)(=O)NCC2CSCCS2)c(C)c1N. The molecule has 2 rings (SSSR count). The van der Waals surface area contributed by atoms with Crippen LogP contribution in [-0.4, -0.2) is 37.5 Å². The second kappa shape index (κ2) is 6.81. The molecule has 1 aliphatic rings. The molecule has 1 unspecified atom stereocenters. The monoisotopic (exact) mass is 346 g/mol. The van der Waals surface area contributed by atoms with Gasteiger partial charge in [0.05, 0.1) is 4.90 Å². The predicted molar refractivity (Wildman–Crippen MR) is 93.8 cm³/mol. The fourth-order valence-corrected chi connectivity index (χ4v) is 6.80. The first-order chi connectivity index (χ1) is 9.83. The molecule has 0 saturated carbocycles. The standard InChI is InChI=1S/C14H22N2O2S3/c1-9-6-10(2)14(11(3)13(9)15)21(17,18)16-7-12-8-19-4-5-20-12/h6,12,16H,4-5,7-8,15H2,1-3H3. The van der Waals surface area contributed by atoms with E-state index in [-0.39, 0.29) is 0 Å². The summed E-state index contributed by atoms with van der Waals surface area (Å²) in [5.41, 5.74) is 8.86. The quantitative estimate of drug-likeness (QED) is 0.819. The van der Waals surface area contributed by atoms with Crippen LogP contribution in [0.3, 0.4) is 0 Å². The van der Waals surface area contributed by atoms with Gasteiger partial charge in [0.15, 0.2) is 0 Å². The van der Waals surface area contributed by atoms with E-state index in [9.17, 15) is 8.42 Å². The molecule has 1 aliphatic heterocycles. The van der Waals surface area contributed by atoms with Gasteiger partial charge in [-0.3, -0.25) is 0 Å². The summed E-state index contributed by atoms with van der Waals surface area (Å²) in [5, 5.41) is 0.349. The number of nitrogen functional groups attached to an aromatic ring is 1. The van der Waals surface area contributed by atoms with E-state index in [0.717, 1.165) is 28.4 Å². The van der Waals surface area contributed by atoms with Crippen LogP contribution in [0.2, 0.25) is 0 Å². The van der Waals surface area contributed by atoms with Crippen LogP contribution in [0.25, 0.3) is 0 Å². The summed E-state index contributed by atoms with van der Waals surface area (Å²) in [6.07, 6.45) is 0. The number of hydrogen-bond donors (Lipinski definition) is 2. The van der Waals surface area contributed by atoms with Crippen molar-refractivity contribution in [3.05, 3.63) is 22.8 Å². The van der Waals surface area contributed by atoms with Crippen molar-refractivity contribution in [1.29, 1.82) is 0 Å². The third-order valence-corrected chi connectivity index (χ3v) is 8.17. The van der Waals surface area contributed by atoms with Gasteiger partial charge in [-0.05, 0) is 37.5 Å². The third kappa shape index (κ3) is 3.88. The van der Waals surface area contributed by atoms with Gasteiger partial charge in [0.25, 0.3) is 0 Å². The molecule has 0 amide bonds. The lowest BCUT2D eigenvalue weighted by molar-refractivity contribution is 0.580.